The Labute approximate surface area is 93.9 Å². The first kappa shape index (κ1) is 10.9. The Balaban J connectivity index is 2.51. The highest BCUT2D eigenvalue weighted by atomic mass is 35.5. The van der Waals surface area contributed by atoms with Crippen LogP contribution in [-0.4, -0.2) is 5.11 Å². The second-order valence-corrected chi connectivity index (χ2v) is 4.95. The molecule has 2 rings (SSSR count). The first-order valence-corrected chi connectivity index (χ1v) is 5.53. The Morgan fingerprint density at radius 2 is 2.00 bits per heavy atom. The zero-order valence-corrected chi connectivity index (χ0v) is 9.61. The Kier molecular flexibility index (Phi) is 2.52. The topological polar surface area (TPSA) is 20.2 Å². The molecule has 1 N–H and O–H groups in total. The molecule has 3 heteroatoms. The van der Waals surface area contributed by atoms with Crippen molar-refractivity contribution in [2.24, 2.45) is 0 Å². The van der Waals surface area contributed by atoms with E-state index < -0.39 is 5.60 Å². The first-order valence-electron chi connectivity index (χ1n) is 5.16. The van der Waals surface area contributed by atoms with Crippen molar-refractivity contribution < 1.29 is 9.50 Å². The molecule has 0 heterocycles. The van der Waals surface area contributed by atoms with Crippen LogP contribution >= 0.6 is 11.6 Å². The number of aliphatic hydroxyl groups is 1. The van der Waals surface area contributed by atoms with Gasteiger partial charge in [-0.05, 0) is 42.0 Å². The van der Waals surface area contributed by atoms with Crippen molar-refractivity contribution in [1.82, 2.24) is 0 Å². The SMILES string of the molecule is CC(C)c1cc(C2(O)CC2)cc(Cl)c1F. The Morgan fingerprint density at radius 1 is 1.40 bits per heavy atom. The molecule has 1 aromatic carbocycles. The lowest BCUT2D eigenvalue weighted by Gasteiger charge is -2.14. The van der Waals surface area contributed by atoms with Crippen LogP contribution in [0.3, 0.4) is 0 Å². The van der Waals surface area contributed by atoms with Crippen LogP contribution in [0.15, 0.2) is 12.1 Å². The van der Waals surface area contributed by atoms with Gasteiger partial charge in [0.25, 0.3) is 0 Å². The van der Waals surface area contributed by atoms with Crippen molar-refractivity contribution in [1.29, 1.82) is 0 Å². The van der Waals surface area contributed by atoms with E-state index in [0.29, 0.717) is 5.56 Å². The second-order valence-electron chi connectivity index (χ2n) is 4.55. The van der Waals surface area contributed by atoms with Crippen LogP contribution in [-0.2, 0) is 5.60 Å². The molecule has 1 aliphatic rings. The van der Waals surface area contributed by atoms with Crippen molar-refractivity contribution >= 4 is 11.6 Å². The van der Waals surface area contributed by atoms with Crippen LogP contribution in [0.2, 0.25) is 5.02 Å². The first-order chi connectivity index (χ1) is 6.94. The van der Waals surface area contributed by atoms with Crippen molar-refractivity contribution in [3.8, 4) is 0 Å². The molecule has 0 aromatic heterocycles. The Bertz CT molecular complexity index is 397. The summed E-state index contributed by atoms with van der Waals surface area (Å²) in [5.41, 5.74) is 0.580. The maximum atomic E-state index is 13.6. The van der Waals surface area contributed by atoms with E-state index in [2.05, 4.69) is 0 Å². The summed E-state index contributed by atoms with van der Waals surface area (Å²) in [4.78, 5) is 0. The molecule has 15 heavy (non-hydrogen) atoms. The molecule has 82 valence electrons. The molecule has 1 nitrogen and oxygen atoms in total. The summed E-state index contributed by atoms with van der Waals surface area (Å²) < 4.78 is 13.6. The molecule has 0 radical (unpaired) electrons. The molecular weight excluding hydrogens is 215 g/mol. The third-order valence-electron chi connectivity index (χ3n) is 2.94. The molecule has 0 saturated heterocycles. The van der Waals surface area contributed by atoms with E-state index in [0.717, 1.165) is 18.4 Å². The lowest BCUT2D eigenvalue weighted by molar-refractivity contribution is 0.151. The van der Waals surface area contributed by atoms with E-state index in [1.54, 1.807) is 6.07 Å². The fourth-order valence-corrected chi connectivity index (χ4v) is 1.93. The molecule has 0 aliphatic heterocycles. The number of rotatable bonds is 2. The van der Waals surface area contributed by atoms with Gasteiger partial charge in [-0.2, -0.15) is 0 Å². The zero-order valence-electron chi connectivity index (χ0n) is 8.85. The molecule has 1 aromatic rings. The van der Waals surface area contributed by atoms with E-state index in [4.69, 9.17) is 11.6 Å². The minimum Gasteiger partial charge on any atom is -0.385 e. The maximum absolute atomic E-state index is 13.6. The lowest BCUT2D eigenvalue weighted by Crippen LogP contribution is -2.07. The standard InChI is InChI=1S/C12H14ClFO/c1-7(2)9-5-8(12(15)3-4-12)6-10(13)11(9)14/h5-7,15H,3-4H2,1-2H3. The molecule has 1 aliphatic carbocycles. The number of halogens is 2. The van der Waals surface area contributed by atoms with Crippen molar-refractivity contribution in [3.05, 3.63) is 34.1 Å². The van der Waals surface area contributed by atoms with Crippen LogP contribution < -0.4 is 0 Å². The largest absolute Gasteiger partial charge is 0.385 e. The lowest BCUT2D eigenvalue weighted by atomic mass is 9.97. The average Bonchev–Trinajstić information content (AvgIpc) is 2.89. The number of hydrogen-bond donors (Lipinski definition) is 1. The fraction of sp³-hybridized carbons (Fsp3) is 0.500. The van der Waals surface area contributed by atoms with Crippen molar-refractivity contribution in [2.75, 3.05) is 0 Å². The molecular formula is C12H14ClFO. The highest BCUT2D eigenvalue weighted by Gasteiger charge is 2.42. The van der Waals surface area contributed by atoms with Gasteiger partial charge in [-0.1, -0.05) is 25.4 Å². The minimum absolute atomic E-state index is 0.0739. The highest BCUT2D eigenvalue weighted by molar-refractivity contribution is 6.30. The van der Waals surface area contributed by atoms with Gasteiger partial charge in [0, 0.05) is 0 Å². The summed E-state index contributed by atoms with van der Waals surface area (Å²) in [6.45, 7) is 3.82. The maximum Gasteiger partial charge on any atom is 0.145 e. The minimum atomic E-state index is -0.749. The van der Waals surface area contributed by atoms with Gasteiger partial charge >= 0.3 is 0 Å². The van der Waals surface area contributed by atoms with Crippen molar-refractivity contribution in [3.63, 3.8) is 0 Å². The quantitative estimate of drug-likeness (QED) is 0.820. The van der Waals surface area contributed by atoms with Crippen molar-refractivity contribution in [2.45, 2.75) is 38.2 Å². The molecule has 0 atom stereocenters. The van der Waals surface area contributed by atoms with Gasteiger partial charge < -0.3 is 5.11 Å². The molecule has 1 saturated carbocycles. The molecule has 0 bridgehead atoms. The van der Waals surface area contributed by atoms with Gasteiger partial charge in [-0.15, -0.1) is 0 Å². The predicted octanol–water partition coefficient (Wildman–Crippen LogP) is 3.58. The van der Waals surface area contributed by atoms with E-state index in [1.165, 1.54) is 6.07 Å². The molecule has 0 unspecified atom stereocenters. The summed E-state index contributed by atoms with van der Waals surface area (Å²) >= 11 is 5.81. The normalized spacial score (nSPS) is 18.3. The second kappa shape index (κ2) is 3.46. The third-order valence-corrected chi connectivity index (χ3v) is 3.21. The Hall–Kier alpha value is -0.600. The fourth-order valence-electron chi connectivity index (χ4n) is 1.71. The smallest absolute Gasteiger partial charge is 0.145 e. The van der Waals surface area contributed by atoms with Crippen LogP contribution in [0.4, 0.5) is 4.39 Å². The summed E-state index contributed by atoms with van der Waals surface area (Å²) in [5, 5.41) is 10.0. The van der Waals surface area contributed by atoms with Crippen LogP contribution in [0, 0.1) is 5.82 Å². The van der Waals surface area contributed by atoms with E-state index >= 15 is 0 Å². The highest BCUT2D eigenvalue weighted by Crippen LogP contribution is 2.46. The number of hydrogen-bond acceptors (Lipinski definition) is 1. The summed E-state index contributed by atoms with van der Waals surface area (Å²) in [6, 6.07) is 3.27. The van der Waals surface area contributed by atoms with Gasteiger partial charge in [0.1, 0.15) is 5.82 Å². The van der Waals surface area contributed by atoms with Crippen LogP contribution in [0.5, 0.6) is 0 Å². The van der Waals surface area contributed by atoms with E-state index in [9.17, 15) is 9.50 Å². The van der Waals surface area contributed by atoms with Gasteiger partial charge in [0.2, 0.25) is 0 Å². The molecule has 1 fully saturated rings. The van der Waals surface area contributed by atoms with E-state index in [1.807, 2.05) is 13.8 Å². The monoisotopic (exact) mass is 228 g/mol. The Morgan fingerprint density at radius 3 is 2.47 bits per heavy atom. The molecule has 0 amide bonds. The summed E-state index contributed by atoms with van der Waals surface area (Å²) in [6.07, 6.45) is 1.49. The van der Waals surface area contributed by atoms with Gasteiger partial charge in [-0.25, -0.2) is 4.39 Å². The van der Waals surface area contributed by atoms with Gasteiger partial charge in [0.05, 0.1) is 10.6 Å². The zero-order chi connectivity index (χ0) is 11.2. The van der Waals surface area contributed by atoms with Gasteiger partial charge in [-0.3, -0.25) is 0 Å². The third kappa shape index (κ3) is 1.88. The average molecular weight is 229 g/mol. The molecule has 0 spiro atoms. The predicted molar refractivity (Wildman–Crippen MR) is 58.6 cm³/mol. The van der Waals surface area contributed by atoms with Crippen LogP contribution in [0.1, 0.15) is 43.7 Å². The van der Waals surface area contributed by atoms with E-state index in [-0.39, 0.29) is 16.8 Å². The summed E-state index contributed by atoms with van der Waals surface area (Å²) in [5.74, 6) is -0.288. The van der Waals surface area contributed by atoms with Crippen LogP contribution in [0.25, 0.3) is 0 Å². The number of benzene rings is 1. The summed E-state index contributed by atoms with van der Waals surface area (Å²) in [7, 11) is 0. The van der Waals surface area contributed by atoms with Gasteiger partial charge in [0.15, 0.2) is 0 Å².